The molecule has 114 valence electrons. The van der Waals surface area contributed by atoms with E-state index in [1.165, 1.54) is 5.56 Å². The third-order valence-corrected chi connectivity index (χ3v) is 3.47. The van der Waals surface area contributed by atoms with Crippen LogP contribution >= 0.6 is 0 Å². The van der Waals surface area contributed by atoms with Gasteiger partial charge in [0.1, 0.15) is 6.79 Å². The second-order valence-electron chi connectivity index (χ2n) is 5.30. The molecular formula is C16H26O4. The molecule has 1 rings (SSSR count). The molecule has 0 saturated carbocycles. The first-order chi connectivity index (χ1) is 9.67. The molecule has 0 bridgehead atoms. The summed E-state index contributed by atoms with van der Waals surface area (Å²) in [5, 5.41) is 18.7. The van der Waals surface area contributed by atoms with Crippen LogP contribution in [0.25, 0.3) is 0 Å². The second kappa shape index (κ2) is 9.88. The number of methoxy groups -OCH3 is 1. The van der Waals surface area contributed by atoms with E-state index in [1.54, 1.807) is 7.11 Å². The molecule has 0 amide bonds. The highest BCUT2D eigenvalue weighted by Gasteiger charge is 2.19. The number of rotatable bonds is 10. The average Bonchev–Trinajstić information content (AvgIpc) is 2.47. The molecule has 0 aliphatic carbocycles. The van der Waals surface area contributed by atoms with Crippen LogP contribution in [0, 0.1) is 11.8 Å². The van der Waals surface area contributed by atoms with Gasteiger partial charge in [-0.25, -0.2) is 0 Å². The molecule has 0 unspecified atom stereocenters. The number of ether oxygens (including phenoxy) is 2. The molecule has 0 radical (unpaired) electrons. The predicted molar refractivity (Wildman–Crippen MR) is 78.3 cm³/mol. The van der Waals surface area contributed by atoms with Crippen LogP contribution in [0.3, 0.4) is 0 Å². The van der Waals surface area contributed by atoms with Crippen LogP contribution in [0.5, 0.6) is 0 Å². The Morgan fingerprint density at radius 3 is 2.50 bits per heavy atom. The van der Waals surface area contributed by atoms with E-state index in [1.807, 2.05) is 25.1 Å². The molecule has 2 N–H and O–H groups in total. The molecule has 0 fully saturated rings. The van der Waals surface area contributed by atoms with Gasteiger partial charge in [0.2, 0.25) is 0 Å². The standard InChI is InChI=1S/C16H26O4/c1-13(16(18)10-17)8-15(11-20-12-19-2)9-14-6-4-3-5-7-14/h3-7,13,15-18H,8-12H2,1-2H3/t13-,15+,16+/m0/s1. The number of hydrogen-bond acceptors (Lipinski definition) is 4. The van der Waals surface area contributed by atoms with E-state index in [-0.39, 0.29) is 19.3 Å². The van der Waals surface area contributed by atoms with Gasteiger partial charge >= 0.3 is 0 Å². The number of benzene rings is 1. The van der Waals surface area contributed by atoms with Crippen molar-refractivity contribution in [2.24, 2.45) is 11.8 Å². The van der Waals surface area contributed by atoms with Crippen LogP contribution in [0.1, 0.15) is 18.9 Å². The summed E-state index contributed by atoms with van der Waals surface area (Å²) in [5.74, 6) is 0.337. The summed E-state index contributed by atoms with van der Waals surface area (Å²) < 4.78 is 10.4. The SMILES string of the molecule is COCOC[C@@H](Cc1ccccc1)C[C@H](C)[C@H](O)CO. The maximum Gasteiger partial charge on any atom is 0.146 e. The highest BCUT2D eigenvalue weighted by molar-refractivity contribution is 5.15. The van der Waals surface area contributed by atoms with Crippen molar-refractivity contribution in [3.05, 3.63) is 35.9 Å². The van der Waals surface area contributed by atoms with E-state index in [0.717, 1.165) is 12.8 Å². The van der Waals surface area contributed by atoms with Crippen molar-refractivity contribution in [1.82, 2.24) is 0 Å². The summed E-state index contributed by atoms with van der Waals surface area (Å²) in [6, 6.07) is 10.2. The monoisotopic (exact) mass is 282 g/mol. The number of hydrogen-bond donors (Lipinski definition) is 2. The Labute approximate surface area is 121 Å². The first kappa shape index (κ1) is 17.1. The summed E-state index contributed by atoms with van der Waals surface area (Å²) in [4.78, 5) is 0. The molecule has 0 heterocycles. The topological polar surface area (TPSA) is 58.9 Å². The zero-order chi connectivity index (χ0) is 14.8. The van der Waals surface area contributed by atoms with Gasteiger partial charge < -0.3 is 19.7 Å². The van der Waals surface area contributed by atoms with E-state index < -0.39 is 6.10 Å². The molecule has 1 aromatic rings. The lowest BCUT2D eigenvalue weighted by Gasteiger charge is -2.23. The van der Waals surface area contributed by atoms with Crippen molar-refractivity contribution < 1.29 is 19.7 Å². The van der Waals surface area contributed by atoms with Crippen LogP contribution in [0.4, 0.5) is 0 Å². The van der Waals surface area contributed by atoms with Gasteiger partial charge in [-0.15, -0.1) is 0 Å². The first-order valence-electron chi connectivity index (χ1n) is 7.06. The Morgan fingerprint density at radius 2 is 1.90 bits per heavy atom. The lowest BCUT2D eigenvalue weighted by molar-refractivity contribution is -0.0488. The van der Waals surface area contributed by atoms with E-state index in [4.69, 9.17) is 14.6 Å². The molecule has 3 atom stereocenters. The van der Waals surface area contributed by atoms with Crippen LogP contribution < -0.4 is 0 Å². The quantitative estimate of drug-likeness (QED) is 0.508. The van der Waals surface area contributed by atoms with Crippen LogP contribution in [-0.4, -0.2) is 43.4 Å². The number of aliphatic hydroxyl groups is 2. The van der Waals surface area contributed by atoms with Crippen molar-refractivity contribution in [3.8, 4) is 0 Å². The molecule has 0 aliphatic rings. The third-order valence-electron chi connectivity index (χ3n) is 3.47. The molecule has 0 aromatic heterocycles. The van der Waals surface area contributed by atoms with E-state index in [0.29, 0.717) is 12.5 Å². The number of aliphatic hydroxyl groups excluding tert-OH is 2. The van der Waals surface area contributed by atoms with Gasteiger partial charge in [-0.3, -0.25) is 0 Å². The van der Waals surface area contributed by atoms with E-state index in [9.17, 15) is 5.11 Å². The zero-order valence-corrected chi connectivity index (χ0v) is 12.4. The van der Waals surface area contributed by atoms with Gasteiger partial charge in [0.25, 0.3) is 0 Å². The Morgan fingerprint density at radius 1 is 1.20 bits per heavy atom. The fraction of sp³-hybridized carbons (Fsp3) is 0.625. The second-order valence-corrected chi connectivity index (χ2v) is 5.30. The smallest absolute Gasteiger partial charge is 0.146 e. The summed E-state index contributed by atoms with van der Waals surface area (Å²) >= 11 is 0. The van der Waals surface area contributed by atoms with Gasteiger partial charge in [0, 0.05) is 7.11 Å². The maximum absolute atomic E-state index is 9.70. The van der Waals surface area contributed by atoms with Gasteiger partial charge in [0.15, 0.2) is 0 Å². The first-order valence-corrected chi connectivity index (χ1v) is 7.06. The van der Waals surface area contributed by atoms with Crippen molar-refractivity contribution in [2.75, 3.05) is 27.1 Å². The predicted octanol–water partition coefficient (Wildman–Crippen LogP) is 1.85. The van der Waals surface area contributed by atoms with Crippen LogP contribution in [0.2, 0.25) is 0 Å². The highest BCUT2D eigenvalue weighted by Crippen LogP contribution is 2.20. The minimum atomic E-state index is -0.671. The summed E-state index contributed by atoms with van der Waals surface area (Å²) in [7, 11) is 1.60. The highest BCUT2D eigenvalue weighted by atomic mass is 16.7. The molecule has 4 heteroatoms. The largest absolute Gasteiger partial charge is 0.394 e. The van der Waals surface area contributed by atoms with Gasteiger partial charge in [-0.1, -0.05) is 37.3 Å². The normalized spacial score (nSPS) is 15.8. The molecule has 1 aromatic carbocycles. The van der Waals surface area contributed by atoms with Crippen LogP contribution in [0.15, 0.2) is 30.3 Å². The van der Waals surface area contributed by atoms with Crippen molar-refractivity contribution in [2.45, 2.75) is 25.9 Å². The molecule has 0 aliphatic heterocycles. The summed E-state index contributed by atoms with van der Waals surface area (Å²) in [5.41, 5.74) is 1.25. The molecular weight excluding hydrogens is 256 g/mol. The van der Waals surface area contributed by atoms with E-state index in [2.05, 4.69) is 12.1 Å². The minimum absolute atomic E-state index is 0.0415. The Balaban J connectivity index is 2.55. The molecule has 0 saturated heterocycles. The fourth-order valence-electron chi connectivity index (χ4n) is 2.32. The average molecular weight is 282 g/mol. The fourth-order valence-corrected chi connectivity index (χ4v) is 2.32. The molecule has 20 heavy (non-hydrogen) atoms. The Kier molecular flexibility index (Phi) is 8.46. The Bertz CT molecular complexity index is 342. The van der Waals surface area contributed by atoms with Crippen molar-refractivity contribution in [3.63, 3.8) is 0 Å². The zero-order valence-electron chi connectivity index (χ0n) is 12.4. The van der Waals surface area contributed by atoms with Crippen molar-refractivity contribution >= 4 is 0 Å². The summed E-state index contributed by atoms with van der Waals surface area (Å²) in [6.45, 7) is 2.63. The lowest BCUT2D eigenvalue weighted by atomic mass is 9.88. The lowest BCUT2D eigenvalue weighted by Crippen LogP contribution is -2.26. The van der Waals surface area contributed by atoms with Gasteiger partial charge in [-0.2, -0.15) is 0 Å². The maximum atomic E-state index is 9.70. The molecule has 4 nitrogen and oxygen atoms in total. The van der Waals surface area contributed by atoms with Crippen molar-refractivity contribution in [1.29, 1.82) is 0 Å². The Hall–Kier alpha value is -0.940. The summed E-state index contributed by atoms with van der Waals surface area (Å²) in [6.07, 6.45) is 1.03. The third kappa shape index (κ3) is 6.48. The van der Waals surface area contributed by atoms with E-state index >= 15 is 0 Å². The molecule has 0 spiro atoms. The minimum Gasteiger partial charge on any atom is -0.394 e. The van der Waals surface area contributed by atoms with Gasteiger partial charge in [0.05, 0.1) is 19.3 Å². The van der Waals surface area contributed by atoms with Crippen LogP contribution in [-0.2, 0) is 15.9 Å². The van der Waals surface area contributed by atoms with Gasteiger partial charge in [-0.05, 0) is 30.2 Å².